The predicted molar refractivity (Wildman–Crippen MR) is 121 cm³/mol. The van der Waals surface area contributed by atoms with Crippen LogP contribution in [0.5, 0.6) is 0 Å². The van der Waals surface area contributed by atoms with Gasteiger partial charge in [0.15, 0.2) is 0 Å². The van der Waals surface area contributed by atoms with E-state index >= 15 is 0 Å². The van der Waals surface area contributed by atoms with E-state index in [1.165, 1.54) is 0 Å². The van der Waals surface area contributed by atoms with Crippen LogP contribution in [-0.4, -0.2) is 75.0 Å². The van der Waals surface area contributed by atoms with Gasteiger partial charge in [-0.15, -0.1) is 0 Å². The molecule has 6 N–H and O–H groups in total. The van der Waals surface area contributed by atoms with Crippen molar-refractivity contribution in [2.45, 2.75) is 97.3 Å². The third kappa shape index (κ3) is 12.9. The second-order valence-corrected chi connectivity index (χ2v) is 9.42. The Morgan fingerprint density at radius 2 is 1.00 bits per heavy atom. The fourth-order valence-corrected chi connectivity index (χ4v) is 2.93. The molecule has 2 amide bonds. The first-order valence-electron chi connectivity index (χ1n) is 11.1. The molecule has 0 saturated carbocycles. The minimum Gasteiger partial charge on any atom is -0.480 e. The molecule has 0 radical (unpaired) electrons. The summed E-state index contributed by atoms with van der Waals surface area (Å²) in [6.45, 7) is 8.60. The molecule has 12 nitrogen and oxygen atoms in total. The van der Waals surface area contributed by atoms with Gasteiger partial charge in [0.1, 0.15) is 23.9 Å². The van der Waals surface area contributed by atoms with Crippen molar-refractivity contribution in [3.63, 3.8) is 0 Å². The van der Waals surface area contributed by atoms with Gasteiger partial charge in [0.05, 0.1) is 0 Å². The largest absolute Gasteiger partial charge is 0.480 e. The highest BCUT2D eigenvalue weighted by molar-refractivity contribution is 5.87. The van der Waals surface area contributed by atoms with E-state index in [1.54, 1.807) is 34.6 Å². The van der Waals surface area contributed by atoms with Gasteiger partial charge in [0, 0.05) is 30.7 Å². The average molecular weight is 488 g/mol. The van der Waals surface area contributed by atoms with Crippen LogP contribution in [0.2, 0.25) is 0 Å². The smallest absolute Gasteiger partial charge is 0.326 e. The Labute approximate surface area is 198 Å². The van der Waals surface area contributed by atoms with E-state index in [2.05, 4.69) is 16.0 Å². The second kappa shape index (κ2) is 14.3. The summed E-state index contributed by atoms with van der Waals surface area (Å²) < 4.78 is 0. The summed E-state index contributed by atoms with van der Waals surface area (Å²) in [6.07, 6.45) is -1.12. The van der Waals surface area contributed by atoms with Gasteiger partial charge < -0.3 is 31.3 Å². The number of carbonyl (C=O) groups is 6. The summed E-state index contributed by atoms with van der Waals surface area (Å²) in [5.41, 5.74) is -0.644. The van der Waals surface area contributed by atoms with Crippen LogP contribution in [0.1, 0.15) is 73.1 Å². The first kappa shape index (κ1) is 31.0. The lowest BCUT2D eigenvalue weighted by atomic mass is 9.87. The third-order valence-electron chi connectivity index (χ3n) is 4.92. The number of carboxylic acids is 3. The topological polar surface area (TPSA) is 199 Å². The fourth-order valence-electron chi connectivity index (χ4n) is 2.93. The van der Waals surface area contributed by atoms with Crippen LogP contribution in [0.25, 0.3) is 0 Å². The molecule has 3 atom stereocenters. The molecule has 0 saturated heterocycles. The summed E-state index contributed by atoms with van der Waals surface area (Å²) in [4.78, 5) is 70.4. The van der Waals surface area contributed by atoms with Gasteiger partial charge in [0.25, 0.3) is 0 Å². The van der Waals surface area contributed by atoms with Crippen LogP contribution in [0, 0.1) is 5.41 Å². The molecule has 0 aliphatic heterocycles. The average Bonchev–Trinajstić information content (AvgIpc) is 2.69. The lowest BCUT2D eigenvalue weighted by molar-refractivity contribution is -0.144. The normalized spacial score (nSPS) is 14.1. The molecular weight excluding hydrogens is 450 g/mol. The van der Waals surface area contributed by atoms with E-state index in [0.717, 1.165) is 0 Å². The Morgan fingerprint density at radius 3 is 1.32 bits per heavy atom. The summed E-state index contributed by atoms with van der Waals surface area (Å²) in [7, 11) is 0. The van der Waals surface area contributed by atoms with Crippen LogP contribution in [0.15, 0.2) is 0 Å². The highest BCUT2D eigenvalue weighted by atomic mass is 16.4. The van der Waals surface area contributed by atoms with Gasteiger partial charge >= 0.3 is 17.9 Å². The van der Waals surface area contributed by atoms with Gasteiger partial charge in [0.2, 0.25) is 11.8 Å². The zero-order valence-corrected chi connectivity index (χ0v) is 20.3. The lowest BCUT2D eigenvalue weighted by Crippen LogP contribution is -2.45. The molecule has 0 fully saturated rings. The van der Waals surface area contributed by atoms with Crippen LogP contribution >= 0.6 is 0 Å². The molecule has 34 heavy (non-hydrogen) atoms. The zero-order chi connectivity index (χ0) is 26.6. The van der Waals surface area contributed by atoms with Crippen molar-refractivity contribution in [1.82, 2.24) is 16.0 Å². The van der Waals surface area contributed by atoms with E-state index in [1.807, 2.05) is 0 Å². The zero-order valence-electron chi connectivity index (χ0n) is 20.3. The minimum absolute atomic E-state index is 0.0441. The number of amides is 2. The van der Waals surface area contributed by atoms with E-state index in [4.69, 9.17) is 0 Å². The molecule has 194 valence electrons. The maximum absolute atomic E-state index is 12.2. The summed E-state index contributed by atoms with van der Waals surface area (Å²) >= 11 is 0. The highest BCUT2D eigenvalue weighted by Gasteiger charge is 2.27. The number of Topliss-reactive ketones (excluding diaryl/α,β-unsaturated/α-hetero) is 1. The van der Waals surface area contributed by atoms with E-state index < -0.39 is 53.3 Å². The fraction of sp³-hybridized carbons (Fsp3) is 0.727. The Kier molecular flexibility index (Phi) is 13.0. The Hall–Kier alpha value is -3.02. The monoisotopic (exact) mass is 487 g/mol. The van der Waals surface area contributed by atoms with Crippen molar-refractivity contribution in [2.24, 2.45) is 5.41 Å². The molecular formula is C22H37N3O9. The maximum atomic E-state index is 12.2. The quantitative estimate of drug-likeness (QED) is 0.178. The SMILES string of the molecule is CC(C)N[C@H](CCC(=O)N[C@H](CCC(=O)N[C@H](CCC(=O)C(C)(C)C)C(=O)O)C(=O)O)C(=O)O. The Bertz CT molecular complexity index is 759. The molecule has 0 aliphatic carbocycles. The maximum Gasteiger partial charge on any atom is 0.326 e. The molecule has 0 heterocycles. The Morgan fingerprint density at radius 1 is 0.647 bits per heavy atom. The molecule has 0 rings (SSSR count). The van der Waals surface area contributed by atoms with Crippen molar-refractivity contribution in [3.05, 3.63) is 0 Å². The van der Waals surface area contributed by atoms with E-state index in [0.29, 0.717) is 0 Å². The number of carbonyl (C=O) groups excluding carboxylic acids is 3. The first-order valence-corrected chi connectivity index (χ1v) is 11.1. The number of carboxylic acid groups (broad SMARTS) is 3. The molecule has 0 aliphatic rings. The van der Waals surface area contributed by atoms with Gasteiger partial charge in [-0.05, 0) is 19.3 Å². The number of hydrogen-bond donors (Lipinski definition) is 6. The van der Waals surface area contributed by atoms with E-state index in [-0.39, 0.29) is 50.4 Å². The van der Waals surface area contributed by atoms with Gasteiger partial charge in [-0.25, -0.2) is 9.59 Å². The summed E-state index contributed by atoms with van der Waals surface area (Å²) in [5.74, 6) is -5.42. The molecule has 0 bridgehead atoms. The number of aliphatic carboxylic acids is 3. The Balaban J connectivity index is 4.78. The number of ketones is 1. The van der Waals surface area contributed by atoms with Gasteiger partial charge in [-0.1, -0.05) is 34.6 Å². The highest BCUT2D eigenvalue weighted by Crippen LogP contribution is 2.18. The van der Waals surface area contributed by atoms with Crippen molar-refractivity contribution >= 4 is 35.5 Å². The molecule has 0 aromatic carbocycles. The second-order valence-electron chi connectivity index (χ2n) is 9.42. The van der Waals surface area contributed by atoms with Gasteiger partial charge in [-0.3, -0.25) is 19.2 Å². The molecule has 0 aromatic heterocycles. The van der Waals surface area contributed by atoms with Crippen LogP contribution in [0.4, 0.5) is 0 Å². The lowest BCUT2D eigenvalue weighted by Gasteiger charge is -2.20. The van der Waals surface area contributed by atoms with E-state index in [9.17, 15) is 44.1 Å². The van der Waals surface area contributed by atoms with Crippen LogP contribution in [0.3, 0.4) is 0 Å². The number of nitrogens with one attached hydrogen (secondary N) is 3. The third-order valence-corrected chi connectivity index (χ3v) is 4.92. The van der Waals surface area contributed by atoms with Crippen molar-refractivity contribution in [2.75, 3.05) is 0 Å². The predicted octanol–water partition coefficient (Wildman–Crippen LogP) is 0.532. The van der Waals surface area contributed by atoms with Crippen molar-refractivity contribution in [3.8, 4) is 0 Å². The summed E-state index contributed by atoms with van der Waals surface area (Å²) in [6, 6.07) is -3.82. The standard InChI is InChI=1S/C22H37N3O9/c1-12(2)23-13(19(29)30)7-10-17(27)25-15(21(33)34)8-11-18(28)24-14(20(31)32)6-9-16(26)22(3,4)5/h12-15,23H,6-11H2,1-5H3,(H,24,28)(H,25,27)(H,29,30)(H,31,32)(H,33,34)/t13-,14-,15-/m1/s1. The molecule has 12 heteroatoms. The van der Waals surface area contributed by atoms with Gasteiger partial charge in [-0.2, -0.15) is 0 Å². The number of rotatable bonds is 16. The van der Waals surface area contributed by atoms with Crippen molar-refractivity contribution < 1.29 is 44.1 Å². The molecule has 0 unspecified atom stereocenters. The molecule has 0 aromatic rings. The van der Waals surface area contributed by atoms with Crippen LogP contribution < -0.4 is 16.0 Å². The van der Waals surface area contributed by atoms with Crippen LogP contribution in [-0.2, 0) is 28.8 Å². The minimum atomic E-state index is -1.41. The molecule has 0 spiro atoms. The first-order chi connectivity index (χ1) is 15.5. The van der Waals surface area contributed by atoms with Crippen molar-refractivity contribution in [1.29, 1.82) is 0 Å². The number of hydrogen-bond acceptors (Lipinski definition) is 7. The summed E-state index contributed by atoms with van der Waals surface area (Å²) in [5, 5.41) is 35.1.